The van der Waals surface area contributed by atoms with Gasteiger partial charge in [0.25, 0.3) is 5.91 Å². The summed E-state index contributed by atoms with van der Waals surface area (Å²) in [6.45, 7) is 9.16. The number of nitrogens with zero attached hydrogens (tertiary/aromatic N) is 1. The van der Waals surface area contributed by atoms with Crippen LogP contribution in [0.5, 0.6) is 0 Å². The second-order valence-electron chi connectivity index (χ2n) is 11.0. The van der Waals surface area contributed by atoms with Gasteiger partial charge in [-0.3, -0.25) is 9.59 Å². The third-order valence-corrected chi connectivity index (χ3v) is 6.11. The molecule has 0 bridgehead atoms. The number of nitrogens with one attached hydrogen (secondary N) is 2. The van der Waals surface area contributed by atoms with Gasteiger partial charge in [-0.25, -0.2) is 4.79 Å². The number of fused-ring (bicyclic) bond motifs is 1. The van der Waals surface area contributed by atoms with Crippen LogP contribution in [0.2, 0.25) is 0 Å². The van der Waals surface area contributed by atoms with Crippen molar-refractivity contribution in [1.29, 1.82) is 0 Å². The van der Waals surface area contributed by atoms with Crippen molar-refractivity contribution in [2.75, 3.05) is 12.4 Å². The second kappa shape index (κ2) is 12.5. The highest BCUT2D eigenvalue weighted by atomic mass is 16.6. The summed E-state index contributed by atoms with van der Waals surface area (Å²) < 4.78 is 5.40. The molecule has 0 aliphatic carbocycles. The number of hydrogen-bond donors (Lipinski definition) is 2. The quantitative estimate of drug-likeness (QED) is 0.357. The number of amides is 3. The molecule has 0 aliphatic heterocycles. The van der Waals surface area contributed by atoms with Gasteiger partial charge < -0.3 is 20.3 Å². The van der Waals surface area contributed by atoms with Crippen molar-refractivity contribution in [3.8, 4) is 12.3 Å². The highest BCUT2D eigenvalue weighted by Gasteiger charge is 2.35. The smallest absolute Gasteiger partial charge is 0.408 e. The van der Waals surface area contributed by atoms with E-state index in [1.54, 1.807) is 52.1 Å². The topological polar surface area (TPSA) is 87.7 Å². The average molecular weight is 528 g/mol. The number of alkyl carbamates (subject to hydrolysis) is 1. The van der Waals surface area contributed by atoms with Crippen LogP contribution in [0.25, 0.3) is 10.8 Å². The molecule has 2 N–H and O–H groups in total. The minimum absolute atomic E-state index is 0.0881. The first-order valence-corrected chi connectivity index (χ1v) is 13.0. The van der Waals surface area contributed by atoms with Gasteiger partial charge in [0.1, 0.15) is 17.7 Å². The van der Waals surface area contributed by atoms with Crippen molar-refractivity contribution in [2.24, 2.45) is 5.92 Å². The molecule has 0 fully saturated rings. The van der Waals surface area contributed by atoms with E-state index in [1.165, 1.54) is 4.90 Å². The SMILES string of the molecule is C#Cc1ccccc1C(C(=O)Nc1ccc2ccccc2c1)N(C)C(=O)C(CC(C)C)NC(=O)OC(C)(C)C. The van der Waals surface area contributed by atoms with E-state index >= 15 is 0 Å². The van der Waals surface area contributed by atoms with Crippen molar-refractivity contribution in [3.05, 3.63) is 77.9 Å². The van der Waals surface area contributed by atoms with Gasteiger partial charge >= 0.3 is 6.09 Å². The normalized spacial score (nSPS) is 12.8. The van der Waals surface area contributed by atoms with E-state index in [2.05, 4.69) is 16.6 Å². The lowest BCUT2D eigenvalue weighted by Gasteiger charge is -2.32. The van der Waals surface area contributed by atoms with Crippen LogP contribution in [0.4, 0.5) is 10.5 Å². The van der Waals surface area contributed by atoms with Crippen LogP contribution in [-0.4, -0.2) is 41.5 Å². The molecule has 0 heterocycles. The molecule has 3 aromatic rings. The molecule has 0 saturated heterocycles. The first-order valence-electron chi connectivity index (χ1n) is 13.0. The number of ether oxygens (including phenoxy) is 1. The van der Waals surface area contributed by atoms with Gasteiger partial charge in [0.2, 0.25) is 5.91 Å². The Morgan fingerprint density at radius 1 is 0.974 bits per heavy atom. The van der Waals surface area contributed by atoms with Crippen molar-refractivity contribution in [1.82, 2.24) is 10.2 Å². The monoisotopic (exact) mass is 527 g/mol. The molecule has 0 spiro atoms. The lowest BCUT2D eigenvalue weighted by molar-refractivity contribution is -0.139. The summed E-state index contributed by atoms with van der Waals surface area (Å²) in [4.78, 5) is 41.6. The van der Waals surface area contributed by atoms with E-state index in [-0.39, 0.29) is 5.92 Å². The fourth-order valence-electron chi connectivity index (χ4n) is 4.39. The molecule has 0 aliphatic rings. The maximum Gasteiger partial charge on any atom is 0.408 e. The largest absolute Gasteiger partial charge is 0.444 e. The zero-order valence-corrected chi connectivity index (χ0v) is 23.4. The highest BCUT2D eigenvalue weighted by molar-refractivity contribution is 6.00. The van der Waals surface area contributed by atoms with Gasteiger partial charge in [-0.1, -0.05) is 68.3 Å². The van der Waals surface area contributed by atoms with Crippen LogP contribution in [0.1, 0.15) is 58.2 Å². The molecule has 39 heavy (non-hydrogen) atoms. The number of likely N-dealkylation sites (N-methyl/N-ethyl adjacent to an activating group) is 1. The van der Waals surface area contributed by atoms with E-state index in [4.69, 9.17) is 11.2 Å². The molecule has 0 aromatic heterocycles. The molecule has 3 aromatic carbocycles. The Kier molecular flexibility index (Phi) is 9.37. The molecular formula is C32H37N3O4. The Hall–Kier alpha value is -4.31. The summed E-state index contributed by atoms with van der Waals surface area (Å²) in [7, 11) is 1.55. The van der Waals surface area contributed by atoms with Crippen LogP contribution in [0.3, 0.4) is 0 Å². The molecular weight excluding hydrogens is 490 g/mol. The number of hydrogen-bond acceptors (Lipinski definition) is 4. The number of carbonyl (C=O) groups excluding carboxylic acids is 3. The second-order valence-corrected chi connectivity index (χ2v) is 11.0. The average Bonchev–Trinajstić information content (AvgIpc) is 2.86. The molecule has 2 unspecified atom stereocenters. The molecule has 0 saturated carbocycles. The molecule has 2 atom stereocenters. The van der Waals surface area contributed by atoms with E-state index in [0.29, 0.717) is 23.2 Å². The van der Waals surface area contributed by atoms with Gasteiger partial charge in [0.05, 0.1) is 0 Å². The zero-order chi connectivity index (χ0) is 28.7. The molecule has 7 nitrogen and oxygen atoms in total. The maximum atomic E-state index is 13.8. The summed E-state index contributed by atoms with van der Waals surface area (Å²) in [5.41, 5.74) is 0.870. The van der Waals surface area contributed by atoms with Crippen molar-refractivity contribution < 1.29 is 19.1 Å². The minimum atomic E-state index is -1.05. The molecule has 204 valence electrons. The fraction of sp³-hybridized carbons (Fsp3) is 0.344. The first kappa shape index (κ1) is 29.2. The third-order valence-electron chi connectivity index (χ3n) is 6.11. The van der Waals surface area contributed by atoms with Gasteiger partial charge in [-0.15, -0.1) is 6.42 Å². The Morgan fingerprint density at radius 2 is 1.62 bits per heavy atom. The number of benzene rings is 3. The summed E-state index contributed by atoms with van der Waals surface area (Å²) >= 11 is 0. The Labute approximate surface area is 230 Å². The number of rotatable bonds is 8. The maximum absolute atomic E-state index is 13.8. The first-order chi connectivity index (χ1) is 18.4. The van der Waals surface area contributed by atoms with Crippen LogP contribution in [0, 0.1) is 18.3 Å². The highest BCUT2D eigenvalue weighted by Crippen LogP contribution is 2.27. The van der Waals surface area contributed by atoms with Gasteiger partial charge in [0, 0.05) is 18.3 Å². The number of carbonyl (C=O) groups is 3. The van der Waals surface area contributed by atoms with Crippen molar-refractivity contribution in [3.63, 3.8) is 0 Å². The fourth-order valence-corrected chi connectivity index (χ4v) is 4.39. The van der Waals surface area contributed by atoms with Crippen LogP contribution in [0.15, 0.2) is 66.7 Å². The van der Waals surface area contributed by atoms with Gasteiger partial charge in [-0.2, -0.15) is 0 Å². The van der Waals surface area contributed by atoms with E-state index in [9.17, 15) is 14.4 Å². The van der Waals surface area contributed by atoms with Gasteiger partial charge in [-0.05, 0) is 67.6 Å². The third kappa shape index (κ3) is 7.84. The Balaban J connectivity index is 1.96. The lowest BCUT2D eigenvalue weighted by Crippen LogP contribution is -2.51. The molecule has 3 rings (SSSR count). The standard InChI is InChI=1S/C32H37N3O4/c1-8-22-13-11-12-16-26(22)28(29(36)33-25-18-17-23-14-9-10-15-24(23)20-25)35(7)30(37)27(19-21(2)3)34-31(38)39-32(4,5)6/h1,9-18,20-21,27-28H,19H2,2-7H3,(H,33,36)(H,34,38). The summed E-state index contributed by atoms with van der Waals surface area (Å²) in [6, 6.07) is 18.5. The van der Waals surface area contributed by atoms with E-state index in [1.807, 2.05) is 56.3 Å². The lowest BCUT2D eigenvalue weighted by atomic mass is 9.96. The summed E-state index contributed by atoms with van der Waals surface area (Å²) in [5, 5.41) is 7.68. The Morgan fingerprint density at radius 3 is 2.26 bits per heavy atom. The predicted octanol–water partition coefficient (Wildman–Crippen LogP) is 5.90. The molecule has 3 amide bonds. The number of terminal acetylenes is 1. The van der Waals surface area contributed by atoms with Crippen LogP contribution < -0.4 is 10.6 Å². The zero-order valence-electron chi connectivity index (χ0n) is 23.4. The van der Waals surface area contributed by atoms with Crippen molar-refractivity contribution >= 4 is 34.4 Å². The predicted molar refractivity (Wildman–Crippen MR) is 155 cm³/mol. The summed E-state index contributed by atoms with van der Waals surface area (Å²) in [5.74, 6) is 1.86. The van der Waals surface area contributed by atoms with Crippen molar-refractivity contribution in [2.45, 2.75) is 58.7 Å². The molecule has 0 radical (unpaired) electrons. The van der Waals surface area contributed by atoms with Crippen LogP contribution in [-0.2, 0) is 14.3 Å². The van der Waals surface area contributed by atoms with Crippen LogP contribution >= 0.6 is 0 Å². The van der Waals surface area contributed by atoms with Gasteiger partial charge in [0.15, 0.2) is 0 Å². The number of anilines is 1. The van der Waals surface area contributed by atoms with E-state index in [0.717, 1.165) is 10.8 Å². The molecule has 7 heteroatoms. The minimum Gasteiger partial charge on any atom is -0.444 e. The van der Waals surface area contributed by atoms with E-state index < -0.39 is 35.6 Å². The Bertz CT molecular complexity index is 1380. The summed E-state index contributed by atoms with van der Waals surface area (Å²) in [6.07, 6.45) is 5.43.